The van der Waals surface area contributed by atoms with Crippen molar-refractivity contribution in [3.8, 4) is 0 Å². The first-order valence-corrected chi connectivity index (χ1v) is 7.90. The molecule has 0 unspecified atom stereocenters. The Labute approximate surface area is 125 Å². The van der Waals surface area contributed by atoms with Crippen LogP contribution in [0.25, 0.3) is 0 Å². The summed E-state index contributed by atoms with van der Waals surface area (Å²) in [5.74, 6) is -0.248. The summed E-state index contributed by atoms with van der Waals surface area (Å²) in [7, 11) is 0. The molecule has 1 aromatic carbocycles. The molecular weight excluding hydrogens is 266 g/mol. The molecule has 4 heteroatoms. The largest absolute Gasteiger partial charge is 0.462 e. The number of hydrogen-bond donors (Lipinski definition) is 1. The van der Waals surface area contributed by atoms with Crippen molar-refractivity contribution in [3.05, 3.63) is 35.9 Å². The molecule has 2 aliphatic heterocycles. The lowest BCUT2D eigenvalue weighted by atomic mass is 9.82. The molecule has 0 aliphatic carbocycles. The van der Waals surface area contributed by atoms with Gasteiger partial charge in [0.25, 0.3) is 0 Å². The van der Waals surface area contributed by atoms with Gasteiger partial charge in [-0.25, -0.2) is 4.79 Å². The number of aliphatic hydroxyl groups is 1. The topological polar surface area (TPSA) is 49.8 Å². The van der Waals surface area contributed by atoms with Gasteiger partial charge >= 0.3 is 5.97 Å². The number of carbonyl (C=O) groups excluding carboxylic acids is 1. The van der Waals surface area contributed by atoms with Crippen LogP contribution < -0.4 is 0 Å². The molecule has 1 aromatic rings. The Hall–Kier alpha value is -1.39. The van der Waals surface area contributed by atoms with E-state index in [2.05, 4.69) is 4.90 Å². The normalized spacial score (nSPS) is 29.7. The van der Waals surface area contributed by atoms with Gasteiger partial charge in [0.2, 0.25) is 0 Å². The minimum absolute atomic E-state index is 0.0479. The fraction of sp³-hybridized carbons (Fsp3) is 0.588. The average molecular weight is 289 g/mol. The van der Waals surface area contributed by atoms with E-state index in [1.807, 2.05) is 18.2 Å². The lowest BCUT2D eigenvalue weighted by Gasteiger charge is -2.46. The number of benzene rings is 1. The van der Waals surface area contributed by atoms with E-state index < -0.39 is 0 Å². The number of ether oxygens (including phenoxy) is 1. The Morgan fingerprint density at radius 1 is 1.19 bits per heavy atom. The minimum atomic E-state index is -0.354. The Kier molecular flexibility index (Phi) is 4.56. The van der Waals surface area contributed by atoms with Crippen LogP contribution in [0.1, 0.15) is 36.0 Å². The van der Waals surface area contributed by atoms with E-state index >= 15 is 0 Å². The van der Waals surface area contributed by atoms with E-state index in [-0.39, 0.29) is 18.0 Å². The van der Waals surface area contributed by atoms with Gasteiger partial charge < -0.3 is 9.84 Å². The zero-order chi connectivity index (χ0) is 14.7. The highest BCUT2D eigenvalue weighted by Gasteiger charge is 2.38. The van der Waals surface area contributed by atoms with Crippen LogP contribution in [0.5, 0.6) is 0 Å². The molecule has 3 atom stereocenters. The first-order chi connectivity index (χ1) is 10.3. The van der Waals surface area contributed by atoms with Gasteiger partial charge in [0.1, 0.15) is 0 Å². The third-order valence-electron chi connectivity index (χ3n) is 4.78. The Bertz CT molecular complexity index is 476. The van der Waals surface area contributed by atoms with Gasteiger partial charge in [0.05, 0.1) is 18.3 Å². The van der Waals surface area contributed by atoms with E-state index in [1.54, 1.807) is 12.1 Å². The van der Waals surface area contributed by atoms with Crippen molar-refractivity contribution in [2.24, 2.45) is 5.92 Å². The first kappa shape index (κ1) is 14.5. The molecule has 0 amide bonds. The van der Waals surface area contributed by atoms with Gasteiger partial charge in [-0.3, -0.25) is 4.90 Å². The lowest BCUT2D eigenvalue weighted by Crippen LogP contribution is -2.54. The van der Waals surface area contributed by atoms with Crippen LogP contribution in [-0.2, 0) is 4.74 Å². The number of nitrogens with zero attached hydrogens (tertiary/aromatic N) is 1. The maximum Gasteiger partial charge on any atom is 0.338 e. The van der Waals surface area contributed by atoms with Crippen molar-refractivity contribution in [1.29, 1.82) is 0 Å². The van der Waals surface area contributed by atoms with Crippen LogP contribution in [0.2, 0.25) is 0 Å². The number of esters is 1. The smallest absolute Gasteiger partial charge is 0.338 e. The molecule has 114 valence electrons. The highest BCUT2D eigenvalue weighted by molar-refractivity contribution is 5.89. The van der Waals surface area contributed by atoms with Crippen molar-refractivity contribution in [2.45, 2.75) is 37.8 Å². The molecule has 2 saturated heterocycles. The predicted octanol–water partition coefficient (Wildman–Crippen LogP) is 2.08. The summed E-state index contributed by atoms with van der Waals surface area (Å²) in [5, 5.41) is 10.3. The van der Waals surface area contributed by atoms with Crippen molar-refractivity contribution in [3.63, 3.8) is 0 Å². The monoisotopic (exact) mass is 289 g/mol. The van der Waals surface area contributed by atoms with Crippen molar-refractivity contribution in [2.75, 3.05) is 19.7 Å². The number of fused-ring (bicyclic) bond motifs is 1. The fourth-order valence-electron chi connectivity index (χ4n) is 3.60. The van der Waals surface area contributed by atoms with Crippen LogP contribution in [0, 0.1) is 5.92 Å². The maximum absolute atomic E-state index is 12.0. The van der Waals surface area contributed by atoms with Crippen LogP contribution in [0.4, 0.5) is 0 Å². The summed E-state index contributed by atoms with van der Waals surface area (Å²) >= 11 is 0. The van der Waals surface area contributed by atoms with E-state index in [4.69, 9.17) is 4.74 Å². The van der Waals surface area contributed by atoms with Gasteiger partial charge in [0, 0.05) is 18.5 Å². The second-order valence-electron chi connectivity index (χ2n) is 6.08. The molecule has 4 nitrogen and oxygen atoms in total. The highest BCUT2D eigenvalue weighted by atomic mass is 16.5. The van der Waals surface area contributed by atoms with Crippen LogP contribution in [0.15, 0.2) is 30.3 Å². The Morgan fingerprint density at radius 2 is 2.00 bits per heavy atom. The third-order valence-corrected chi connectivity index (χ3v) is 4.78. The molecule has 0 aromatic heterocycles. The second-order valence-corrected chi connectivity index (χ2v) is 6.08. The van der Waals surface area contributed by atoms with Crippen molar-refractivity contribution >= 4 is 5.97 Å². The summed E-state index contributed by atoms with van der Waals surface area (Å²) in [4.78, 5) is 14.5. The molecule has 0 radical (unpaired) electrons. The van der Waals surface area contributed by atoms with E-state index in [9.17, 15) is 9.90 Å². The van der Waals surface area contributed by atoms with Gasteiger partial charge in [-0.1, -0.05) is 24.6 Å². The van der Waals surface area contributed by atoms with Gasteiger partial charge in [-0.05, 0) is 37.9 Å². The number of aliphatic hydroxyl groups excluding tert-OH is 1. The van der Waals surface area contributed by atoms with Crippen LogP contribution >= 0.6 is 0 Å². The predicted molar refractivity (Wildman–Crippen MR) is 80.1 cm³/mol. The molecule has 3 rings (SSSR count). The fourth-order valence-corrected chi connectivity index (χ4v) is 3.60. The zero-order valence-electron chi connectivity index (χ0n) is 12.3. The first-order valence-electron chi connectivity index (χ1n) is 7.90. The summed E-state index contributed by atoms with van der Waals surface area (Å²) in [5.41, 5.74) is 0.572. The summed E-state index contributed by atoms with van der Waals surface area (Å²) in [6.45, 7) is 2.39. The average Bonchev–Trinajstić information content (AvgIpc) is 2.54. The van der Waals surface area contributed by atoms with E-state index in [0.29, 0.717) is 18.2 Å². The summed E-state index contributed by atoms with van der Waals surface area (Å²) in [6.07, 6.45) is 3.97. The molecule has 2 aliphatic rings. The lowest BCUT2D eigenvalue weighted by molar-refractivity contribution is -0.0577. The van der Waals surface area contributed by atoms with E-state index in [0.717, 1.165) is 25.9 Å². The van der Waals surface area contributed by atoms with Crippen molar-refractivity contribution < 1.29 is 14.6 Å². The SMILES string of the molecule is O=C(OC[C@@H]1[C@H]2CCCCN2CC[C@@H]1O)c1ccccc1. The minimum Gasteiger partial charge on any atom is -0.462 e. The molecular formula is C17H23NO3. The summed E-state index contributed by atoms with van der Waals surface area (Å²) < 4.78 is 5.46. The van der Waals surface area contributed by atoms with E-state index in [1.165, 1.54) is 12.8 Å². The quantitative estimate of drug-likeness (QED) is 0.866. The number of piperidine rings is 2. The highest BCUT2D eigenvalue weighted by Crippen LogP contribution is 2.31. The standard InChI is InChI=1S/C17H23NO3/c19-16-9-11-18-10-5-4-8-15(18)14(16)12-21-17(20)13-6-2-1-3-7-13/h1-3,6-7,14-16,19H,4-5,8-12H2/t14-,15-,16+/m1/s1. The maximum atomic E-state index is 12.0. The molecule has 2 heterocycles. The molecule has 0 saturated carbocycles. The number of carbonyl (C=O) groups is 1. The Morgan fingerprint density at radius 3 is 2.81 bits per heavy atom. The van der Waals surface area contributed by atoms with Gasteiger partial charge in [-0.15, -0.1) is 0 Å². The third kappa shape index (κ3) is 3.27. The number of rotatable bonds is 3. The van der Waals surface area contributed by atoms with Gasteiger partial charge in [0.15, 0.2) is 0 Å². The molecule has 1 N–H and O–H groups in total. The zero-order valence-corrected chi connectivity index (χ0v) is 12.3. The molecule has 21 heavy (non-hydrogen) atoms. The molecule has 0 spiro atoms. The summed E-state index contributed by atoms with van der Waals surface area (Å²) in [6, 6.07) is 9.41. The molecule has 2 fully saturated rings. The Balaban J connectivity index is 1.61. The molecule has 0 bridgehead atoms. The van der Waals surface area contributed by atoms with Crippen LogP contribution in [0.3, 0.4) is 0 Å². The van der Waals surface area contributed by atoms with Crippen molar-refractivity contribution in [1.82, 2.24) is 4.90 Å². The number of hydrogen-bond acceptors (Lipinski definition) is 4. The van der Waals surface area contributed by atoms with Crippen LogP contribution in [-0.4, -0.2) is 47.8 Å². The second kappa shape index (κ2) is 6.58. The van der Waals surface area contributed by atoms with Gasteiger partial charge in [-0.2, -0.15) is 0 Å².